The van der Waals surface area contributed by atoms with Gasteiger partial charge in [0.25, 0.3) is 0 Å². The molecule has 7 heteroatoms. The summed E-state index contributed by atoms with van der Waals surface area (Å²) in [6.07, 6.45) is 0.132. The van der Waals surface area contributed by atoms with E-state index < -0.39 is 10.0 Å². The van der Waals surface area contributed by atoms with Crippen LogP contribution in [0, 0.1) is 0 Å². The molecule has 106 valence electrons. The monoisotopic (exact) mass is 285 g/mol. The van der Waals surface area contributed by atoms with Gasteiger partial charge < -0.3 is 10.6 Å². The molecule has 1 aromatic rings. The number of carbonyl (C=O) groups is 1. The second kappa shape index (κ2) is 6.65. The third kappa shape index (κ3) is 4.62. The summed E-state index contributed by atoms with van der Waals surface area (Å²) < 4.78 is 26.2. The van der Waals surface area contributed by atoms with Crippen LogP contribution in [-0.2, 0) is 21.4 Å². The van der Waals surface area contributed by atoms with Gasteiger partial charge in [-0.25, -0.2) is 13.1 Å². The number of amides is 1. The van der Waals surface area contributed by atoms with Crippen molar-refractivity contribution in [3.05, 3.63) is 29.8 Å². The lowest BCUT2D eigenvalue weighted by atomic mass is 10.2. The Labute approximate surface area is 113 Å². The summed E-state index contributed by atoms with van der Waals surface area (Å²) in [5.41, 5.74) is 6.31. The van der Waals surface area contributed by atoms with Gasteiger partial charge in [0, 0.05) is 33.6 Å². The summed E-state index contributed by atoms with van der Waals surface area (Å²) in [5.74, 6) is -0.124. The fourth-order valence-electron chi connectivity index (χ4n) is 1.40. The van der Waals surface area contributed by atoms with Gasteiger partial charge in [0.15, 0.2) is 0 Å². The van der Waals surface area contributed by atoms with Crippen LogP contribution < -0.4 is 10.5 Å². The van der Waals surface area contributed by atoms with Crippen LogP contribution in [0.5, 0.6) is 0 Å². The van der Waals surface area contributed by atoms with E-state index in [0.29, 0.717) is 6.54 Å². The first-order valence-electron chi connectivity index (χ1n) is 5.85. The van der Waals surface area contributed by atoms with E-state index in [0.717, 1.165) is 5.56 Å². The minimum atomic E-state index is -3.57. The van der Waals surface area contributed by atoms with Crippen molar-refractivity contribution in [3.63, 3.8) is 0 Å². The highest BCUT2D eigenvalue weighted by atomic mass is 32.2. The highest BCUT2D eigenvalue weighted by Gasteiger charge is 2.14. The van der Waals surface area contributed by atoms with E-state index in [-0.39, 0.29) is 23.8 Å². The van der Waals surface area contributed by atoms with Crippen molar-refractivity contribution in [1.82, 2.24) is 9.62 Å². The minimum Gasteiger partial charge on any atom is -0.349 e. The van der Waals surface area contributed by atoms with Gasteiger partial charge in [-0.05, 0) is 17.7 Å². The second-order valence-corrected chi connectivity index (χ2v) is 6.05. The van der Waals surface area contributed by atoms with Crippen LogP contribution in [0.2, 0.25) is 0 Å². The third-order valence-corrected chi connectivity index (χ3v) is 4.08. The number of benzene rings is 1. The van der Waals surface area contributed by atoms with E-state index in [1.165, 1.54) is 17.0 Å². The van der Waals surface area contributed by atoms with E-state index in [9.17, 15) is 13.2 Å². The van der Waals surface area contributed by atoms with Gasteiger partial charge in [-0.2, -0.15) is 0 Å². The quantitative estimate of drug-likeness (QED) is 0.763. The molecule has 0 unspecified atom stereocenters. The molecule has 1 aromatic carbocycles. The molecule has 0 aliphatic heterocycles. The van der Waals surface area contributed by atoms with Gasteiger partial charge in [-0.1, -0.05) is 12.1 Å². The molecular weight excluding hydrogens is 266 g/mol. The molecule has 0 radical (unpaired) electrons. The summed E-state index contributed by atoms with van der Waals surface area (Å²) in [7, 11) is -0.313. The van der Waals surface area contributed by atoms with E-state index in [2.05, 4.69) is 4.72 Å². The maximum Gasteiger partial charge on any atom is 0.240 e. The first kappa shape index (κ1) is 15.6. The Kier molecular flexibility index (Phi) is 5.46. The number of hydrogen-bond donors (Lipinski definition) is 2. The molecule has 19 heavy (non-hydrogen) atoms. The largest absolute Gasteiger partial charge is 0.349 e. The van der Waals surface area contributed by atoms with Gasteiger partial charge in [-0.3, -0.25) is 4.79 Å². The van der Waals surface area contributed by atoms with Crippen LogP contribution in [0.4, 0.5) is 0 Å². The normalized spacial score (nSPS) is 11.3. The SMILES string of the molecule is CN(C)C(=O)CCNS(=O)(=O)c1ccc(CN)cc1. The molecule has 0 heterocycles. The predicted octanol–water partition coefficient (Wildman–Crippen LogP) is -0.0981. The molecule has 3 N–H and O–H groups in total. The van der Waals surface area contributed by atoms with Gasteiger partial charge in [0.2, 0.25) is 15.9 Å². The molecule has 0 aromatic heterocycles. The summed E-state index contributed by atoms with van der Waals surface area (Å²) in [4.78, 5) is 12.9. The van der Waals surface area contributed by atoms with Crippen molar-refractivity contribution < 1.29 is 13.2 Å². The van der Waals surface area contributed by atoms with Gasteiger partial charge in [-0.15, -0.1) is 0 Å². The summed E-state index contributed by atoms with van der Waals surface area (Å²) in [6.45, 7) is 0.447. The van der Waals surface area contributed by atoms with Crippen molar-refractivity contribution >= 4 is 15.9 Å². The Balaban J connectivity index is 2.63. The van der Waals surface area contributed by atoms with Crippen LogP contribution in [0.15, 0.2) is 29.2 Å². The Bertz CT molecular complexity index is 524. The van der Waals surface area contributed by atoms with Gasteiger partial charge >= 0.3 is 0 Å². The number of sulfonamides is 1. The Hall–Kier alpha value is -1.44. The number of nitrogens with two attached hydrogens (primary N) is 1. The van der Waals surface area contributed by atoms with Crippen molar-refractivity contribution in [2.75, 3.05) is 20.6 Å². The molecule has 1 amide bonds. The van der Waals surface area contributed by atoms with Crippen LogP contribution in [0.25, 0.3) is 0 Å². The number of carbonyl (C=O) groups excluding carboxylic acids is 1. The van der Waals surface area contributed by atoms with Crippen LogP contribution >= 0.6 is 0 Å². The molecule has 0 saturated carbocycles. The number of hydrogen-bond acceptors (Lipinski definition) is 4. The van der Waals surface area contributed by atoms with Gasteiger partial charge in [0.05, 0.1) is 4.90 Å². The van der Waals surface area contributed by atoms with Crippen molar-refractivity contribution in [2.45, 2.75) is 17.9 Å². The lowest BCUT2D eigenvalue weighted by Crippen LogP contribution is -2.30. The molecule has 0 atom stereocenters. The fourth-order valence-corrected chi connectivity index (χ4v) is 2.44. The molecule has 0 aliphatic carbocycles. The average Bonchev–Trinajstić information content (AvgIpc) is 2.38. The first-order valence-corrected chi connectivity index (χ1v) is 7.34. The zero-order chi connectivity index (χ0) is 14.5. The first-order chi connectivity index (χ1) is 8.86. The number of rotatable bonds is 6. The molecular formula is C12H19N3O3S. The standard InChI is InChI=1S/C12H19N3O3S/c1-15(2)12(16)7-8-14-19(17,18)11-5-3-10(9-13)4-6-11/h3-6,14H,7-9,13H2,1-2H3. The summed E-state index contributed by atoms with van der Waals surface area (Å²) in [5, 5.41) is 0. The maximum atomic E-state index is 11.9. The smallest absolute Gasteiger partial charge is 0.240 e. The van der Waals surface area contributed by atoms with E-state index in [4.69, 9.17) is 5.73 Å². The second-order valence-electron chi connectivity index (χ2n) is 4.28. The molecule has 1 rings (SSSR count). The van der Waals surface area contributed by atoms with E-state index >= 15 is 0 Å². The Morgan fingerprint density at radius 3 is 2.32 bits per heavy atom. The van der Waals surface area contributed by atoms with Crippen molar-refractivity contribution in [1.29, 1.82) is 0 Å². The molecule has 0 fully saturated rings. The minimum absolute atomic E-state index is 0.0813. The Morgan fingerprint density at radius 1 is 1.26 bits per heavy atom. The number of nitrogens with one attached hydrogen (secondary N) is 1. The molecule has 0 spiro atoms. The Morgan fingerprint density at radius 2 is 1.84 bits per heavy atom. The highest BCUT2D eigenvalue weighted by Crippen LogP contribution is 2.10. The van der Waals surface area contributed by atoms with Crippen molar-refractivity contribution in [2.24, 2.45) is 5.73 Å². The maximum absolute atomic E-state index is 11.9. The topological polar surface area (TPSA) is 92.5 Å². The molecule has 0 bridgehead atoms. The lowest BCUT2D eigenvalue weighted by molar-refractivity contribution is -0.128. The van der Waals surface area contributed by atoms with Crippen LogP contribution in [0.1, 0.15) is 12.0 Å². The zero-order valence-corrected chi connectivity index (χ0v) is 11.9. The molecule has 0 aliphatic rings. The molecule has 0 saturated heterocycles. The fraction of sp³-hybridized carbons (Fsp3) is 0.417. The lowest BCUT2D eigenvalue weighted by Gasteiger charge is -2.11. The third-order valence-electron chi connectivity index (χ3n) is 2.60. The number of nitrogens with zero attached hydrogens (tertiary/aromatic N) is 1. The summed E-state index contributed by atoms with van der Waals surface area (Å²) >= 11 is 0. The van der Waals surface area contributed by atoms with Gasteiger partial charge in [0.1, 0.15) is 0 Å². The van der Waals surface area contributed by atoms with Crippen molar-refractivity contribution in [3.8, 4) is 0 Å². The zero-order valence-electron chi connectivity index (χ0n) is 11.1. The predicted molar refractivity (Wildman–Crippen MR) is 72.8 cm³/mol. The van der Waals surface area contributed by atoms with Crippen LogP contribution in [-0.4, -0.2) is 39.9 Å². The van der Waals surface area contributed by atoms with E-state index in [1.807, 2.05) is 0 Å². The summed E-state index contributed by atoms with van der Waals surface area (Å²) in [6, 6.07) is 6.33. The van der Waals surface area contributed by atoms with E-state index in [1.54, 1.807) is 26.2 Å². The van der Waals surface area contributed by atoms with Crippen LogP contribution in [0.3, 0.4) is 0 Å². The highest BCUT2D eigenvalue weighted by molar-refractivity contribution is 7.89. The molecule has 6 nitrogen and oxygen atoms in total. The average molecular weight is 285 g/mol.